The van der Waals surface area contributed by atoms with E-state index in [0.717, 1.165) is 9.88 Å². The summed E-state index contributed by atoms with van der Waals surface area (Å²) in [5.74, 6) is 0.625. The zero-order valence-electron chi connectivity index (χ0n) is 15.5. The van der Waals surface area contributed by atoms with Gasteiger partial charge in [-0.3, -0.25) is 0 Å². The number of hydrogen-bond acceptors (Lipinski definition) is 6. The number of aryl methyl sites for hydroxylation is 1. The molecular formula is C17H26N4O2S2. The number of thiazole rings is 1. The lowest BCUT2D eigenvalue weighted by Crippen LogP contribution is -2.41. The first-order valence-electron chi connectivity index (χ1n) is 8.31. The van der Waals surface area contributed by atoms with Crippen LogP contribution in [0.15, 0.2) is 29.4 Å². The van der Waals surface area contributed by atoms with Crippen LogP contribution in [0.3, 0.4) is 0 Å². The first kappa shape index (κ1) is 19.8. The maximum absolute atomic E-state index is 12.8. The molecule has 2 aromatic rings. The van der Waals surface area contributed by atoms with E-state index >= 15 is 0 Å². The maximum Gasteiger partial charge on any atom is 0.245 e. The van der Waals surface area contributed by atoms with E-state index in [2.05, 4.69) is 15.3 Å². The quantitative estimate of drug-likeness (QED) is 0.788. The average molecular weight is 383 g/mol. The van der Waals surface area contributed by atoms with E-state index in [9.17, 15) is 8.42 Å². The third-order valence-electron chi connectivity index (χ3n) is 3.70. The number of nitrogens with zero attached hydrogens (tertiary/aromatic N) is 3. The third kappa shape index (κ3) is 4.56. The zero-order chi connectivity index (χ0) is 18.8. The standard InChI is InChI=1S/C17H26N4O2S2/c1-11(2)21(12(3)4)25(22,23)15-7-8-16(18-10-15)20-14(6)17-19-9-13(5)24-17/h7-12,14H,1-6H3,(H,18,20). The lowest BCUT2D eigenvalue weighted by atomic mass is 10.3. The van der Waals surface area contributed by atoms with E-state index in [4.69, 9.17) is 0 Å². The average Bonchev–Trinajstić information content (AvgIpc) is 2.93. The van der Waals surface area contributed by atoms with Crippen molar-refractivity contribution in [3.05, 3.63) is 34.4 Å². The summed E-state index contributed by atoms with van der Waals surface area (Å²) in [6, 6.07) is 3.08. The number of rotatable bonds is 7. The van der Waals surface area contributed by atoms with Gasteiger partial charge in [-0.25, -0.2) is 18.4 Å². The molecule has 0 bridgehead atoms. The fourth-order valence-electron chi connectivity index (χ4n) is 2.75. The molecule has 0 aliphatic rings. The molecule has 0 aliphatic carbocycles. The highest BCUT2D eigenvalue weighted by Crippen LogP contribution is 2.24. The molecule has 0 fully saturated rings. The Balaban J connectivity index is 2.18. The molecule has 0 saturated carbocycles. The summed E-state index contributed by atoms with van der Waals surface area (Å²) in [7, 11) is -3.56. The van der Waals surface area contributed by atoms with Crippen LogP contribution >= 0.6 is 11.3 Å². The van der Waals surface area contributed by atoms with Crippen molar-refractivity contribution in [1.29, 1.82) is 0 Å². The van der Waals surface area contributed by atoms with Crippen molar-refractivity contribution >= 4 is 27.2 Å². The minimum atomic E-state index is -3.56. The van der Waals surface area contributed by atoms with Crippen LogP contribution in [0.5, 0.6) is 0 Å². The maximum atomic E-state index is 12.8. The third-order valence-corrected chi connectivity index (χ3v) is 7.03. The molecule has 0 aromatic carbocycles. The second kappa shape index (κ2) is 7.80. The van der Waals surface area contributed by atoms with Crippen molar-refractivity contribution in [1.82, 2.24) is 14.3 Å². The van der Waals surface area contributed by atoms with Crippen molar-refractivity contribution in [2.45, 2.75) is 64.6 Å². The number of pyridine rings is 1. The van der Waals surface area contributed by atoms with Gasteiger partial charge in [-0.2, -0.15) is 4.31 Å². The fourth-order valence-corrected chi connectivity index (χ4v) is 5.30. The monoisotopic (exact) mass is 382 g/mol. The Morgan fingerprint density at radius 2 is 1.68 bits per heavy atom. The molecule has 0 saturated heterocycles. The number of nitrogens with one attached hydrogen (secondary N) is 1. The minimum Gasteiger partial charge on any atom is -0.361 e. The van der Waals surface area contributed by atoms with Crippen molar-refractivity contribution in [2.75, 3.05) is 5.32 Å². The van der Waals surface area contributed by atoms with Gasteiger partial charge in [-0.05, 0) is 53.7 Å². The van der Waals surface area contributed by atoms with Crippen LogP contribution in [0, 0.1) is 6.92 Å². The van der Waals surface area contributed by atoms with Crippen molar-refractivity contribution in [3.63, 3.8) is 0 Å². The summed E-state index contributed by atoms with van der Waals surface area (Å²) >= 11 is 1.63. The lowest BCUT2D eigenvalue weighted by Gasteiger charge is -2.29. The molecule has 6 nitrogen and oxygen atoms in total. The Bertz CT molecular complexity index is 790. The molecule has 0 radical (unpaired) electrons. The van der Waals surface area contributed by atoms with Crippen LogP contribution in [0.1, 0.15) is 50.5 Å². The highest BCUT2D eigenvalue weighted by atomic mass is 32.2. The normalized spacial score (nSPS) is 13.6. The first-order chi connectivity index (χ1) is 11.6. The van der Waals surface area contributed by atoms with Gasteiger partial charge in [0.05, 0.1) is 6.04 Å². The number of sulfonamides is 1. The Labute approximate surface area is 154 Å². The molecule has 1 N–H and O–H groups in total. The predicted octanol–water partition coefficient (Wildman–Crippen LogP) is 3.83. The van der Waals surface area contributed by atoms with Crippen molar-refractivity contribution < 1.29 is 8.42 Å². The van der Waals surface area contributed by atoms with E-state index < -0.39 is 10.0 Å². The SMILES string of the molecule is Cc1cnc(C(C)Nc2ccc(S(=O)(=O)N(C(C)C)C(C)C)cn2)s1. The Morgan fingerprint density at radius 1 is 1.04 bits per heavy atom. The fraction of sp³-hybridized carbons (Fsp3) is 0.529. The van der Waals surface area contributed by atoms with Crippen molar-refractivity contribution in [3.8, 4) is 0 Å². The molecule has 1 atom stereocenters. The predicted molar refractivity (Wildman–Crippen MR) is 102 cm³/mol. The van der Waals surface area contributed by atoms with Gasteiger partial charge in [0.1, 0.15) is 15.7 Å². The van der Waals surface area contributed by atoms with E-state index in [-0.39, 0.29) is 23.0 Å². The van der Waals surface area contributed by atoms with Crippen LogP contribution in [-0.4, -0.2) is 34.8 Å². The highest BCUT2D eigenvalue weighted by Gasteiger charge is 2.29. The van der Waals surface area contributed by atoms with Gasteiger partial charge in [0.15, 0.2) is 0 Å². The summed E-state index contributed by atoms with van der Waals surface area (Å²) in [5.41, 5.74) is 0. The number of anilines is 1. The van der Waals surface area contributed by atoms with Gasteiger partial charge in [-0.15, -0.1) is 11.3 Å². The van der Waals surface area contributed by atoms with Gasteiger partial charge in [0.25, 0.3) is 0 Å². The molecule has 25 heavy (non-hydrogen) atoms. The Kier molecular flexibility index (Phi) is 6.18. The molecular weight excluding hydrogens is 356 g/mol. The molecule has 2 rings (SSSR count). The molecule has 8 heteroatoms. The molecule has 0 spiro atoms. The van der Waals surface area contributed by atoms with Gasteiger partial charge in [-0.1, -0.05) is 0 Å². The van der Waals surface area contributed by atoms with Gasteiger partial charge >= 0.3 is 0 Å². The lowest BCUT2D eigenvalue weighted by molar-refractivity contribution is 0.302. The summed E-state index contributed by atoms with van der Waals surface area (Å²) < 4.78 is 27.2. The second-order valence-electron chi connectivity index (χ2n) is 6.58. The van der Waals surface area contributed by atoms with E-state index in [0.29, 0.717) is 5.82 Å². The van der Waals surface area contributed by atoms with Gasteiger partial charge in [0.2, 0.25) is 10.0 Å². The summed E-state index contributed by atoms with van der Waals surface area (Å²) in [6.45, 7) is 11.5. The van der Waals surface area contributed by atoms with Crippen LogP contribution in [0.2, 0.25) is 0 Å². The molecule has 0 aliphatic heterocycles. The van der Waals surface area contributed by atoms with Crippen LogP contribution < -0.4 is 5.32 Å². The van der Waals surface area contributed by atoms with Gasteiger partial charge in [0, 0.05) is 29.4 Å². The molecule has 0 amide bonds. The topological polar surface area (TPSA) is 75.2 Å². The highest BCUT2D eigenvalue weighted by molar-refractivity contribution is 7.89. The summed E-state index contributed by atoms with van der Waals surface area (Å²) in [6.07, 6.45) is 3.25. The number of aromatic nitrogens is 2. The molecule has 2 heterocycles. The van der Waals surface area contributed by atoms with E-state index in [1.54, 1.807) is 23.5 Å². The van der Waals surface area contributed by atoms with E-state index in [1.165, 1.54) is 10.5 Å². The van der Waals surface area contributed by atoms with Crippen LogP contribution in [0.4, 0.5) is 5.82 Å². The summed E-state index contributed by atoms with van der Waals surface area (Å²) in [4.78, 5) is 9.99. The van der Waals surface area contributed by atoms with Gasteiger partial charge < -0.3 is 5.32 Å². The van der Waals surface area contributed by atoms with Crippen molar-refractivity contribution in [2.24, 2.45) is 0 Å². The Hall–Kier alpha value is -1.51. The second-order valence-corrected chi connectivity index (χ2v) is 9.69. The van der Waals surface area contributed by atoms with Crippen LogP contribution in [0.25, 0.3) is 0 Å². The smallest absolute Gasteiger partial charge is 0.245 e. The molecule has 2 aromatic heterocycles. The van der Waals surface area contributed by atoms with E-state index in [1.807, 2.05) is 47.7 Å². The molecule has 1 unspecified atom stereocenters. The first-order valence-corrected chi connectivity index (χ1v) is 10.6. The minimum absolute atomic E-state index is 0.0106. The Morgan fingerprint density at radius 3 is 2.12 bits per heavy atom. The number of hydrogen-bond donors (Lipinski definition) is 1. The molecule has 138 valence electrons. The largest absolute Gasteiger partial charge is 0.361 e. The van der Waals surface area contributed by atoms with Crippen LogP contribution in [-0.2, 0) is 10.0 Å². The summed E-state index contributed by atoms with van der Waals surface area (Å²) in [5, 5.41) is 4.23. The zero-order valence-corrected chi connectivity index (χ0v) is 17.1.